The molecule has 7 heteroatoms. The zero-order valence-electron chi connectivity index (χ0n) is 7.44. The van der Waals surface area contributed by atoms with E-state index >= 15 is 0 Å². The maximum Gasteiger partial charge on any atom is 0.329 e. The summed E-state index contributed by atoms with van der Waals surface area (Å²) in [5, 5.41) is 0. The van der Waals surface area contributed by atoms with Gasteiger partial charge in [0.2, 0.25) is 5.91 Å². The third-order valence-corrected chi connectivity index (χ3v) is 2.02. The molecule has 0 aromatic carbocycles. The van der Waals surface area contributed by atoms with Crippen LogP contribution in [0.1, 0.15) is 6.92 Å². The number of carbonyl (C=O) groups is 1. The van der Waals surface area contributed by atoms with Gasteiger partial charge in [0.05, 0.1) is 19.1 Å². The van der Waals surface area contributed by atoms with E-state index in [9.17, 15) is 22.4 Å². The maximum atomic E-state index is 12.6. The monoisotopic (exact) mass is 214 g/mol. The van der Waals surface area contributed by atoms with Crippen LogP contribution in [-0.2, 0) is 4.79 Å². The fraction of sp³-hybridized carbons (Fsp3) is 0.857. The summed E-state index contributed by atoms with van der Waals surface area (Å²) >= 11 is 0. The average Bonchev–Trinajstić information content (AvgIpc) is 2.20. The number of hydrogen-bond acceptors (Lipinski definition) is 2. The molecule has 0 aromatic rings. The number of hydrogen-bond donors (Lipinski definition) is 1. The van der Waals surface area contributed by atoms with Crippen molar-refractivity contribution >= 4 is 5.91 Å². The van der Waals surface area contributed by atoms with E-state index in [-0.39, 0.29) is 0 Å². The second kappa shape index (κ2) is 3.08. The summed E-state index contributed by atoms with van der Waals surface area (Å²) in [4.78, 5) is 11.4. The molecule has 0 aromatic heterocycles. The molecule has 1 fully saturated rings. The maximum absolute atomic E-state index is 12.6. The van der Waals surface area contributed by atoms with E-state index < -0.39 is 36.9 Å². The Morgan fingerprint density at radius 3 is 1.93 bits per heavy atom. The first kappa shape index (κ1) is 11.2. The van der Waals surface area contributed by atoms with Crippen LogP contribution in [0.25, 0.3) is 0 Å². The van der Waals surface area contributed by atoms with Gasteiger partial charge in [0, 0.05) is 0 Å². The molecule has 1 atom stereocenters. The average molecular weight is 214 g/mol. The van der Waals surface area contributed by atoms with Crippen LogP contribution in [0.15, 0.2) is 0 Å². The van der Waals surface area contributed by atoms with E-state index in [0.717, 1.165) is 0 Å². The lowest BCUT2D eigenvalue weighted by atomic mass is 10.2. The van der Waals surface area contributed by atoms with Crippen LogP contribution in [0.2, 0.25) is 0 Å². The van der Waals surface area contributed by atoms with Gasteiger partial charge in [-0.05, 0) is 6.92 Å². The Hall–Kier alpha value is -0.850. The number of carbonyl (C=O) groups excluding carboxylic acids is 1. The zero-order chi connectivity index (χ0) is 11.1. The van der Waals surface area contributed by atoms with E-state index in [1.807, 2.05) is 0 Å². The molecule has 0 radical (unpaired) electrons. The van der Waals surface area contributed by atoms with Crippen molar-refractivity contribution in [2.75, 3.05) is 13.1 Å². The highest BCUT2D eigenvalue weighted by atomic mass is 19.3. The minimum atomic E-state index is -4.16. The highest BCUT2D eigenvalue weighted by Crippen LogP contribution is 2.40. The van der Waals surface area contributed by atoms with Crippen molar-refractivity contribution in [1.29, 1.82) is 0 Å². The lowest BCUT2D eigenvalue weighted by Crippen LogP contribution is -2.41. The summed E-state index contributed by atoms with van der Waals surface area (Å²) in [5.41, 5.74) is 5.11. The number of alkyl halides is 4. The minimum absolute atomic E-state index is 0.394. The largest absolute Gasteiger partial charge is 0.329 e. The molecule has 1 rings (SSSR count). The number of nitrogens with two attached hydrogens (primary N) is 1. The first-order valence-electron chi connectivity index (χ1n) is 3.97. The van der Waals surface area contributed by atoms with Crippen molar-refractivity contribution in [3.05, 3.63) is 0 Å². The summed E-state index contributed by atoms with van der Waals surface area (Å²) in [6.45, 7) is -1.27. The third kappa shape index (κ3) is 1.68. The summed E-state index contributed by atoms with van der Waals surface area (Å²) in [6, 6.07) is -1.04. The SMILES string of the molecule is CC(N)C(=O)N1CC(F)(F)C(F)(F)C1. The summed E-state index contributed by atoms with van der Waals surface area (Å²) in [6.07, 6.45) is 0. The van der Waals surface area contributed by atoms with Crippen LogP contribution in [0.3, 0.4) is 0 Å². The molecular weight excluding hydrogens is 204 g/mol. The second-order valence-electron chi connectivity index (χ2n) is 3.39. The van der Waals surface area contributed by atoms with Gasteiger partial charge in [0.1, 0.15) is 0 Å². The Labute approximate surface area is 77.8 Å². The molecular formula is C7H10F4N2O. The van der Waals surface area contributed by atoms with E-state index in [4.69, 9.17) is 5.73 Å². The van der Waals surface area contributed by atoms with E-state index in [0.29, 0.717) is 4.90 Å². The zero-order valence-corrected chi connectivity index (χ0v) is 7.44. The Morgan fingerprint density at radius 2 is 1.64 bits per heavy atom. The molecule has 3 nitrogen and oxygen atoms in total. The Balaban J connectivity index is 2.78. The van der Waals surface area contributed by atoms with Crippen LogP contribution < -0.4 is 5.73 Å². The third-order valence-electron chi connectivity index (χ3n) is 2.02. The molecule has 14 heavy (non-hydrogen) atoms. The van der Waals surface area contributed by atoms with Crippen LogP contribution in [0, 0.1) is 0 Å². The summed E-state index contributed by atoms with van der Waals surface area (Å²) in [5.74, 6) is -9.20. The van der Waals surface area contributed by atoms with Gasteiger partial charge in [-0.2, -0.15) is 17.6 Å². The molecule has 0 saturated carbocycles. The van der Waals surface area contributed by atoms with Crippen LogP contribution in [-0.4, -0.2) is 41.8 Å². The molecule has 1 amide bonds. The number of nitrogens with zero attached hydrogens (tertiary/aromatic N) is 1. The van der Waals surface area contributed by atoms with Gasteiger partial charge in [0.15, 0.2) is 0 Å². The van der Waals surface area contributed by atoms with Crippen LogP contribution in [0.4, 0.5) is 17.6 Å². The quantitative estimate of drug-likeness (QED) is 0.644. The topological polar surface area (TPSA) is 46.3 Å². The summed E-state index contributed by atoms with van der Waals surface area (Å²) < 4.78 is 50.4. The standard InChI is InChI=1S/C7H10F4N2O/c1-4(12)5(14)13-2-6(8,9)7(10,11)3-13/h4H,2-3,12H2,1H3. The minimum Gasteiger partial charge on any atom is -0.329 e. The van der Waals surface area contributed by atoms with Gasteiger partial charge in [0.25, 0.3) is 0 Å². The van der Waals surface area contributed by atoms with Gasteiger partial charge < -0.3 is 10.6 Å². The fourth-order valence-electron chi connectivity index (χ4n) is 1.21. The first-order chi connectivity index (χ1) is 6.17. The van der Waals surface area contributed by atoms with E-state index in [1.54, 1.807) is 0 Å². The van der Waals surface area contributed by atoms with Crippen LogP contribution >= 0.6 is 0 Å². The van der Waals surface area contributed by atoms with E-state index in [1.165, 1.54) is 6.92 Å². The molecule has 1 saturated heterocycles. The van der Waals surface area contributed by atoms with Gasteiger partial charge in [-0.25, -0.2) is 0 Å². The van der Waals surface area contributed by atoms with Crippen molar-refractivity contribution in [3.63, 3.8) is 0 Å². The first-order valence-corrected chi connectivity index (χ1v) is 3.97. The lowest BCUT2D eigenvalue weighted by Gasteiger charge is -2.16. The van der Waals surface area contributed by atoms with Crippen molar-refractivity contribution in [3.8, 4) is 0 Å². The van der Waals surface area contributed by atoms with Crippen molar-refractivity contribution < 1.29 is 22.4 Å². The van der Waals surface area contributed by atoms with Crippen molar-refractivity contribution in [2.45, 2.75) is 24.8 Å². The lowest BCUT2D eigenvalue weighted by molar-refractivity contribution is -0.172. The van der Waals surface area contributed by atoms with Gasteiger partial charge >= 0.3 is 11.8 Å². The Bertz CT molecular complexity index is 238. The predicted molar refractivity (Wildman–Crippen MR) is 40.1 cm³/mol. The van der Waals surface area contributed by atoms with E-state index in [2.05, 4.69) is 0 Å². The molecule has 1 unspecified atom stereocenters. The molecule has 0 bridgehead atoms. The smallest absolute Gasteiger partial charge is 0.329 e. The summed E-state index contributed by atoms with van der Waals surface area (Å²) in [7, 11) is 0. The molecule has 0 aliphatic carbocycles. The Kier molecular flexibility index (Phi) is 2.47. The van der Waals surface area contributed by atoms with Gasteiger partial charge in [-0.15, -0.1) is 0 Å². The Morgan fingerprint density at radius 1 is 1.29 bits per heavy atom. The van der Waals surface area contributed by atoms with Gasteiger partial charge in [-0.3, -0.25) is 4.79 Å². The van der Waals surface area contributed by atoms with Crippen molar-refractivity contribution in [2.24, 2.45) is 5.73 Å². The molecule has 2 N–H and O–H groups in total. The highest BCUT2D eigenvalue weighted by molar-refractivity contribution is 5.81. The van der Waals surface area contributed by atoms with Gasteiger partial charge in [-0.1, -0.05) is 0 Å². The number of rotatable bonds is 1. The molecule has 1 heterocycles. The van der Waals surface area contributed by atoms with Crippen LogP contribution in [0.5, 0.6) is 0 Å². The number of halogens is 4. The highest BCUT2D eigenvalue weighted by Gasteiger charge is 2.63. The number of amides is 1. The molecule has 1 aliphatic rings. The number of likely N-dealkylation sites (tertiary alicyclic amines) is 1. The fourth-order valence-corrected chi connectivity index (χ4v) is 1.21. The predicted octanol–water partition coefficient (Wildman–Crippen LogP) is 0.446. The second-order valence-corrected chi connectivity index (χ2v) is 3.39. The normalized spacial score (nSPS) is 26.3. The van der Waals surface area contributed by atoms with Crippen molar-refractivity contribution in [1.82, 2.24) is 4.90 Å². The molecule has 82 valence electrons. The molecule has 1 aliphatic heterocycles. The molecule has 0 spiro atoms.